The summed E-state index contributed by atoms with van der Waals surface area (Å²) in [5.41, 5.74) is 0.475. The second-order valence-corrected chi connectivity index (χ2v) is 6.09. The third-order valence-electron chi connectivity index (χ3n) is 3.93. The largest absolute Gasteiger partial charge is 0.497 e. The first-order chi connectivity index (χ1) is 13.9. The Balaban J connectivity index is 1.71. The van der Waals surface area contributed by atoms with Crippen LogP contribution in [0.2, 0.25) is 5.02 Å². The van der Waals surface area contributed by atoms with E-state index in [4.69, 9.17) is 25.6 Å². The lowest BCUT2D eigenvalue weighted by Crippen LogP contribution is -2.23. The lowest BCUT2D eigenvalue weighted by molar-refractivity contribution is -0.384. The van der Waals surface area contributed by atoms with Crippen LogP contribution in [0.5, 0.6) is 11.5 Å². The van der Waals surface area contributed by atoms with Gasteiger partial charge in [-0.1, -0.05) is 16.8 Å². The summed E-state index contributed by atoms with van der Waals surface area (Å²) in [6, 6.07) is 8.72. The molecule has 0 aliphatic heterocycles. The zero-order valence-electron chi connectivity index (χ0n) is 15.3. The smallest absolute Gasteiger partial charge is 0.270 e. The third-order valence-corrected chi connectivity index (χ3v) is 4.24. The highest BCUT2D eigenvalue weighted by molar-refractivity contribution is 6.34. The minimum atomic E-state index is -0.596. The van der Waals surface area contributed by atoms with E-state index in [9.17, 15) is 14.9 Å². The van der Waals surface area contributed by atoms with Crippen LogP contribution >= 0.6 is 11.6 Å². The van der Waals surface area contributed by atoms with Crippen molar-refractivity contribution in [1.82, 2.24) is 15.5 Å². The normalized spacial score (nSPS) is 10.4. The third kappa shape index (κ3) is 4.43. The van der Waals surface area contributed by atoms with Crippen molar-refractivity contribution in [3.05, 3.63) is 63.0 Å². The summed E-state index contributed by atoms with van der Waals surface area (Å²) in [4.78, 5) is 26.7. The molecule has 0 unspecified atom stereocenters. The van der Waals surface area contributed by atoms with E-state index in [-0.39, 0.29) is 34.5 Å². The number of ether oxygens (including phenoxy) is 2. The first-order valence-electron chi connectivity index (χ1n) is 8.20. The molecule has 1 heterocycles. The highest BCUT2D eigenvalue weighted by atomic mass is 35.5. The van der Waals surface area contributed by atoms with Crippen LogP contribution in [0.15, 0.2) is 40.9 Å². The number of carbonyl (C=O) groups is 1. The van der Waals surface area contributed by atoms with Gasteiger partial charge in [-0.3, -0.25) is 14.9 Å². The number of nitrogens with one attached hydrogen (secondary N) is 1. The fraction of sp³-hybridized carbons (Fsp3) is 0.167. The molecule has 0 radical (unpaired) electrons. The van der Waals surface area contributed by atoms with Crippen molar-refractivity contribution in [2.24, 2.45) is 0 Å². The standard InChI is InChI=1S/C18H15ClN4O6/c1-27-11-4-6-13(15(8-11)28-2)17-21-16(29-22-17)9-20-18(24)12-5-3-10(23(25)26)7-14(12)19/h3-8H,9H2,1-2H3,(H,20,24). The summed E-state index contributed by atoms with van der Waals surface area (Å²) in [6.07, 6.45) is 0. The summed E-state index contributed by atoms with van der Waals surface area (Å²) in [7, 11) is 3.05. The minimum Gasteiger partial charge on any atom is -0.497 e. The molecule has 3 aromatic rings. The molecular weight excluding hydrogens is 404 g/mol. The van der Waals surface area contributed by atoms with Gasteiger partial charge in [0.2, 0.25) is 11.7 Å². The molecule has 10 nitrogen and oxygen atoms in total. The second-order valence-electron chi connectivity index (χ2n) is 5.68. The van der Waals surface area contributed by atoms with E-state index in [0.717, 1.165) is 6.07 Å². The maximum atomic E-state index is 12.3. The molecular formula is C18H15ClN4O6. The molecule has 0 aliphatic carbocycles. The van der Waals surface area contributed by atoms with Crippen LogP contribution in [-0.2, 0) is 6.54 Å². The molecule has 1 aromatic heterocycles. The van der Waals surface area contributed by atoms with Gasteiger partial charge in [0, 0.05) is 18.2 Å². The summed E-state index contributed by atoms with van der Waals surface area (Å²) < 4.78 is 15.6. The fourth-order valence-corrected chi connectivity index (χ4v) is 2.73. The Morgan fingerprint density at radius 2 is 2.03 bits per heavy atom. The molecule has 0 bridgehead atoms. The van der Waals surface area contributed by atoms with E-state index >= 15 is 0 Å². The average molecular weight is 419 g/mol. The minimum absolute atomic E-state index is 0.0362. The second kappa shape index (κ2) is 8.57. The van der Waals surface area contributed by atoms with E-state index < -0.39 is 10.8 Å². The van der Waals surface area contributed by atoms with Crippen molar-refractivity contribution in [3.63, 3.8) is 0 Å². The van der Waals surface area contributed by atoms with Gasteiger partial charge in [0.25, 0.3) is 11.6 Å². The van der Waals surface area contributed by atoms with Gasteiger partial charge < -0.3 is 19.3 Å². The Kier molecular flexibility index (Phi) is 5.93. The van der Waals surface area contributed by atoms with Crippen LogP contribution in [0.25, 0.3) is 11.4 Å². The van der Waals surface area contributed by atoms with Gasteiger partial charge >= 0.3 is 0 Å². The lowest BCUT2D eigenvalue weighted by Gasteiger charge is -2.07. The monoisotopic (exact) mass is 418 g/mol. The Hall–Kier alpha value is -3.66. The highest BCUT2D eigenvalue weighted by Crippen LogP contribution is 2.31. The van der Waals surface area contributed by atoms with Crippen LogP contribution in [0.3, 0.4) is 0 Å². The van der Waals surface area contributed by atoms with Crippen LogP contribution in [0.1, 0.15) is 16.2 Å². The van der Waals surface area contributed by atoms with Gasteiger partial charge in [-0.15, -0.1) is 0 Å². The number of amides is 1. The number of nitrogens with zero attached hydrogens (tertiary/aromatic N) is 3. The number of nitro benzene ring substituents is 1. The fourth-order valence-electron chi connectivity index (χ4n) is 2.47. The predicted octanol–water partition coefficient (Wildman–Crippen LogP) is 3.25. The van der Waals surface area contributed by atoms with Crippen LogP contribution in [0, 0.1) is 10.1 Å². The van der Waals surface area contributed by atoms with Gasteiger partial charge in [-0.2, -0.15) is 4.98 Å². The van der Waals surface area contributed by atoms with Crippen molar-refractivity contribution in [2.75, 3.05) is 14.2 Å². The number of hydrogen-bond acceptors (Lipinski definition) is 8. The van der Waals surface area contributed by atoms with Gasteiger partial charge in [-0.05, 0) is 18.2 Å². The van der Waals surface area contributed by atoms with Gasteiger partial charge in [0.05, 0.1) is 41.8 Å². The molecule has 0 saturated carbocycles. The summed E-state index contributed by atoms with van der Waals surface area (Å²) >= 11 is 5.95. The lowest BCUT2D eigenvalue weighted by atomic mass is 10.2. The number of hydrogen-bond donors (Lipinski definition) is 1. The summed E-state index contributed by atoms with van der Waals surface area (Å²) in [5, 5.41) is 17.2. The molecule has 1 N–H and O–H groups in total. The number of benzene rings is 2. The molecule has 29 heavy (non-hydrogen) atoms. The SMILES string of the molecule is COc1ccc(-c2noc(CNC(=O)c3ccc([N+](=O)[O-])cc3Cl)n2)c(OC)c1. The quantitative estimate of drug-likeness (QED) is 0.457. The van der Waals surface area contributed by atoms with E-state index in [1.807, 2.05) is 0 Å². The van der Waals surface area contributed by atoms with E-state index in [1.165, 1.54) is 19.2 Å². The first kappa shape index (κ1) is 20.1. The van der Waals surface area contributed by atoms with E-state index in [0.29, 0.717) is 17.1 Å². The molecule has 11 heteroatoms. The summed E-state index contributed by atoms with van der Waals surface area (Å²) in [5.74, 6) is 1.01. The van der Waals surface area contributed by atoms with Crippen LogP contribution in [0.4, 0.5) is 5.69 Å². The topological polar surface area (TPSA) is 130 Å². The molecule has 0 spiro atoms. The molecule has 2 aromatic carbocycles. The summed E-state index contributed by atoms with van der Waals surface area (Å²) in [6.45, 7) is -0.0579. The van der Waals surface area contributed by atoms with Gasteiger partial charge in [0.1, 0.15) is 11.5 Å². The van der Waals surface area contributed by atoms with E-state index in [2.05, 4.69) is 15.5 Å². The maximum Gasteiger partial charge on any atom is 0.270 e. The predicted molar refractivity (Wildman–Crippen MR) is 102 cm³/mol. The molecule has 0 atom stereocenters. The molecule has 150 valence electrons. The van der Waals surface area contributed by atoms with Crippen LogP contribution < -0.4 is 14.8 Å². The molecule has 0 saturated heterocycles. The van der Waals surface area contributed by atoms with Crippen LogP contribution in [-0.4, -0.2) is 35.2 Å². The Labute approximate surface area is 169 Å². The zero-order valence-corrected chi connectivity index (χ0v) is 16.1. The van der Waals surface area contributed by atoms with Gasteiger partial charge in [0.15, 0.2) is 0 Å². The van der Waals surface area contributed by atoms with E-state index in [1.54, 1.807) is 25.3 Å². The molecule has 1 amide bonds. The Bertz CT molecular complexity index is 1070. The van der Waals surface area contributed by atoms with Gasteiger partial charge in [-0.25, -0.2) is 0 Å². The zero-order chi connectivity index (χ0) is 21.0. The van der Waals surface area contributed by atoms with Crippen molar-refractivity contribution in [1.29, 1.82) is 0 Å². The number of nitro groups is 1. The number of non-ortho nitro benzene ring substituents is 1. The number of methoxy groups -OCH3 is 2. The number of halogens is 1. The molecule has 0 fully saturated rings. The number of aromatic nitrogens is 2. The van der Waals surface area contributed by atoms with Crippen molar-refractivity contribution in [3.8, 4) is 22.9 Å². The Morgan fingerprint density at radius 1 is 1.24 bits per heavy atom. The number of carbonyl (C=O) groups excluding carboxylic acids is 1. The van der Waals surface area contributed by atoms with Crippen molar-refractivity contribution >= 4 is 23.2 Å². The van der Waals surface area contributed by atoms with Crippen molar-refractivity contribution in [2.45, 2.75) is 6.54 Å². The van der Waals surface area contributed by atoms with Crippen molar-refractivity contribution < 1.29 is 23.7 Å². The first-order valence-corrected chi connectivity index (χ1v) is 8.58. The average Bonchev–Trinajstić information content (AvgIpc) is 3.20. The molecule has 0 aliphatic rings. The highest BCUT2D eigenvalue weighted by Gasteiger charge is 2.17. The molecule has 3 rings (SSSR count). The maximum absolute atomic E-state index is 12.3. The number of rotatable bonds is 7. The Morgan fingerprint density at radius 3 is 2.69 bits per heavy atom.